The Morgan fingerprint density at radius 3 is 2.28 bits per heavy atom. The van der Waals surface area contributed by atoms with Crippen LogP contribution in [0.3, 0.4) is 0 Å². The van der Waals surface area contributed by atoms with E-state index in [1.165, 1.54) is 0 Å². The van der Waals surface area contributed by atoms with Crippen LogP contribution in [-0.2, 0) is 9.59 Å². The first kappa shape index (κ1) is 17.4. The highest BCUT2D eigenvalue weighted by Gasteiger charge is 2.33. The molecule has 2 aliphatic rings. The Kier molecular flexibility index (Phi) is 4.73. The SMILES string of the molecule is O=C(NC1CCCC1)C1=NN(c2c(F)c(F)cc(F)c2F)C(=O)CC1. The molecule has 25 heavy (non-hydrogen) atoms. The summed E-state index contributed by atoms with van der Waals surface area (Å²) >= 11 is 0. The van der Waals surface area contributed by atoms with E-state index in [2.05, 4.69) is 10.4 Å². The van der Waals surface area contributed by atoms with E-state index in [1.54, 1.807) is 0 Å². The molecule has 9 heteroatoms. The van der Waals surface area contributed by atoms with Crippen molar-refractivity contribution in [1.29, 1.82) is 0 Å². The summed E-state index contributed by atoms with van der Waals surface area (Å²) in [6.07, 6.45) is 3.34. The molecule has 0 atom stereocenters. The van der Waals surface area contributed by atoms with E-state index >= 15 is 0 Å². The van der Waals surface area contributed by atoms with Crippen molar-refractivity contribution in [3.63, 3.8) is 0 Å². The molecule has 1 fully saturated rings. The number of carbonyl (C=O) groups is 2. The average molecular weight is 357 g/mol. The van der Waals surface area contributed by atoms with Crippen LogP contribution >= 0.6 is 0 Å². The quantitative estimate of drug-likeness (QED) is 0.668. The number of hydrogen-bond acceptors (Lipinski definition) is 3. The zero-order valence-corrected chi connectivity index (χ0v) is 13.1. The molecule has 1 aromatic rings. The van der Waals surface area contributed by atoms with E-state index in [1.807, 2.05) is 0 Å². The number of benzene rings is 1. The van der Waals surface area contributed by atoms with Crippen LogP contribution in [0.25, 0.3) is 0 Å². The lowest BCUT2D eigenvalue weighted by molar-refractivity contribution is -0.119. The summed E-state index contributed by atoms with van der Waals surface area (Å²) in [7, 11) is 0. The van der Waals surface area contributed by atoms with Gasteiger partial charge in [-0.15, -0.1) is 0 Å². The lowest BCUT2D eigenvalue weighted by atomic mass is 10.1. The molecule has 1 saturated carbocycles. The van der Waals surface area contributed by atoms with Crippen molar-refractivity contribution in [3.8, 4) is 0 Å². The van der Waals surface area contributed by atoms with Gasteiger partial charge in [0.1, 0.15) is 11.4 Å². The fraction of sp³-hybridized carbons (Fsp3) is 0.438. The van der Waals surface area contributed by atoms with Gasteiger partial charge in [0.05, 0.1) is 0 Å². The molecule has 0 aromatic heterocycles. The van der Waals surface area contributed by atoms with Gasteiger partial charge in [0.15, 0.2) is 23.3 Å². The molecule has 1 N–H and O–H groups in total. The third kappa shape index (κ3) is 3.35. The largest absolute Gasteiger partial charge is 0.348 e. The number of anilines is 1. The van der Waals surface area contributed by atoms with E-state index in [-0.39, 0.29) is 35.7 Å². The first-order chi connectivity index (χ1) is 11.9. The lowest BCUT2D eigenvalue weighted by Crippen LogP contribution is -2.42. The summed E-state index contributed by atoms with van der Waals surface area (Å²) in [5.41, 5.74) is -1.37. The molecule has 5 nitrogen and oxygen atoms in total. The van der Waals surface area contributed by atoms with Gasteiger partial charge in [0, 0.05) is 24.9 Å². The number of hydrazone groups is 1. The smallest absolute Gasteiger partial charge is 0.267 e. The first-order valence-electron chi connectivity index (χ1n) is 7.92. The van der Waals surface area contributed by atoms with Gasteiger partial charge >= 0.3 is 0 Å². The Morgan fingerprint density at radius 1 is 1.08 bits per heavy atom. The molecule has 1 heterocycles. The number of halogens is 4. The predicted molar refractivity (Wildman–Crippen MR) is 80.8 cm³/mol. The fourth-order valence-electron chi connectivity index (χ4n) is 2.98. The Hall–Kier alpha value is -2.45. The van der Waals surface area contributed by atoms with E-state index in [0.29, 0.717) is 0 Å². The fourth-order valence-corrected chi connectivity index (χ4v) is 2.98. The maximum atomic E-state index is 13.9. The minimum Gasteiger partial charge on any atom is -0.348 e. The summed E-state index contributed by atoms with van der Waals surface area (Å²) < 4.78 is 54.6. The van der Waals surface area contributed by atoms with Crippen LogP contribution in [0.1, 0.15) is 38.5 Å². The van der Waals surface area contributed by atoms with Gasteiger partial charge in [-0.1, -0.05) is 12.8 Å². The molecule has 3 rings (SSSR count). The molecule has 1 aliphatic carbocycles. The standard InChI is InChI=1S/C16H15F4N3O2/c17-9-7-10(18)14(20)15(13(9)19)23-12(24)6-5-11(22-23)16(25)21-8-3-1-2-4-8/h7-8H,1-6H2,(H,21,25). The molecule has 1 aliphatic heterocycles. The van der Waals surface area contributed by atoms with Crippen LogP contribution in [0, 0.1) is 23.3 Å². The topological polar surface area (TPSA) is 61.8 Å². The summed E-state index contributed by atoms with van der Waals surface area (Å²) in [4.78, 5) is 24.2. The van der Waals surface area contributed by atoms with Crippen LogP contribution < -0.4 is 10.3 Å². The number of nitrogens with zero attached hydrogens (tertiary/aromatic N) is 2. The lowest BCUT2D eigenvalue weighted by Gasteiger charge is -2.24. The van der Waals surface area contributed by atoms with Crippen molar-refractivity contribution in [3.05, 3.63) is 29.3 Å². The summed E-state index contributed by atoms with van der Waals surface area (Å²) in [5.74, 6) is -8.21. The predicted octanol–water partition coefficient (Wildman–Crippen LogP) is 2.78. The summed E-state index contributed by atoms with van der Waals surface area (Å²) in [6.45, 7) is 0. The molecule has 134 valence electrons. The number of hydrogen-bond donors (Lipinski definition) is 1. The van der Waals surface area contributed by atoms with Crippen molar-refractivity contribution in [1.82, 2.24) is 5.32 Å². The van der Waals surface area contributed by atoms with Crippen LogP contribution in [-0.4, -0.2) is 23.6 Å². The van der Waals surface area contributed by atoms with Gasteiger partial charge in [0.25, 0.3) is 5.91 Å². The first-order valence-corrected chi connectivity index (χ1v) is 7.92. The maximum absolute atomic E-state index is 13.9. The molecule has 0 spiro atoms. The van der Waals surface area contributed by atoms with E-state index in [4.69, 9.17) is 0 Å². The summed E-state index contributed by atoms with van der Waals surface area (Å²) in [5, 5.41) is 6.62. The molecule has 0 bridgehead atoms. The second-order valence-electron chi connectivity index (χ2n) is 6.02. The van der Waals surface area contributed by atoms with Crippen LogP contribution in [0.4, 0.5) is 23.2 Å². The third-order valence-corrected chi connectivity index (χ3v) is 4.29. The highest BCUT2D eigenvalue weighted by Crippen LogP contribution is 2.30. The minimum absolute atomic E-state index is 0.0126. The average Bonchev–Trinajstić information content (AvgIpc) is 3.07. The van der Waals surface area contributed by atoms with Gasteiger partial charge in [0.2, 0.25) is 5.91 Å². The molecule has 0 unspecified atom stereocenters. The second kappa shape index (κ2) is 6.81. The van der Waals surface area contributed by atoms with Crippen molar-refractivity contribution < 1.29 is 27.2 Å². The second-order valence-corrected chi connectivity index (χ2v) is 6.02. The van der Waals surface area contributed by atoms with E-state index in [9.17, 15) is 27.2 Å². The van der Waals surface area contributed by atoms with E-state index in [0.717, 1.165) is 25.7 Å². The van der Waals surface area contributed by atoms with E-state index < -0.39 is 40.8 Å². The van der Waals surface area contributed by atoms with Gasteiger partial charge < -0.3 is 5.32 Å². The minimum atomic E-state index is -1.74. The third-order valence-electron chi connectivity index (χ3n) is 4.29. The Morgan fingerprint density at radius 2 is 1.68 bits per heavy atom. The van der Waals surface area contributed by atoms with Gasteiger partial charge in [-0.25, -0.2) is 17.6 Å². The molecular formula is C16H15F4N3O2. The number of amides is 2. The number of nitrogens with one attached hydrogen (secondary N) is 1. The normalized spacial score (nSPS) is 18.5. The zero-order chi connectivity index (χ0) is 18.1. The van der Waals surface area contributed by atoms with Crippen LogP contribution in [0.15, 0.2) is 11.2 Å². The Balaban J connectivity index is 1.92. The Bertz CT molecular complexity index is 734. The molecule has 2 amide bonds. The van der Waals surface area contributed by atoms with Gasteiger partial charge in [-0.2, -0.15) is 10.1 Å². The van der Waals surface area contributed by atoms with Crippen molar-refractivity contribution in [2.75, 3.05) is 5.01 Å². The van der Waals surface area contributed by atoms with Crippen molar-refractivity contribution in [2.45, 2.75) is 44.6 Å². The zero-order valence-electron chi connectivity index (χ0n) is 13.1. The van der Waals surface area contributed by atoms with Crippen LogP contribution in [0.5, 0.6) is 0 Å². The van der Waals surface area contributed by atoms with Crippen molar-refractivity contribution >= 4 is 23.2 Å². The highest BCUT2D eigenvalue weighted by atomic mass is 19.2. The molecule has 0 radical (unpaired) electrons. The molecule has 1 aromatic carbocycles. The number of rotatable bonds is 3. The summed E-state index contributed by atoms with van der Waals surface area (Å²) in [6, 6.07) is 0.0291. The molecule has 0 saturated heterocycles. The molecular weight excluding hydrogens is 342 g/mol. The Labute approximate surface area is 140 Å². The van der Waals surface area contributed by atoms with Crippen molar-refractivity contribution in [2.24, 2.45) is 5.10 Å². The maximum Gasteiger partial charge on any atom is 0.267 e. The van der Waals surface area contributed by atoms with Gasteiger partial charge in [-0.05, 0) is 12.8 Å². The highest BCUT2D eigenvalue weighted by molar-refractivity contribution is 6.40. The number of carbonyl (C=O) groups excluding carboxylic acids is 2. The van der Waals surface area contributed by atoms with Gasteiger partial charge in [-0.3, -0.25) is 9.59 Å². The van der Waals surface area contributed by atoms with Crippen LogP contribution in [0.2, 0.25) is 0 Å². The monoisotopic (exact) mass is 357 g/mol.